The van der Waals surface area contributed by atoms with Crippen LogP contribution in [0.25, 0.3) is 0 Å². The SMILES string of the molecule is O=C(Cc1ccccc1)N1CCC[C@@H]1c1cccc(Cc2ccc(F)cc2)n1. The number of benzene rings is 2. The van der Waals surface area contributed by atoms with Crippen molar-refractivity contribution < 1.29 is 9.18 Å². The Balaban J connectivity index is 1.49. The first-order valence-electron chi connectivity index (χ1n) is 9.73. The molecule has 2 heterocycles. The molecule has 1 aromatic heterocycles. The average molecular weight is 374 g/mol. The standard InChI is InChI=1S/C24H23FN2O/c25-20-13-11-19(12-14-20)16-21-8-4-9-22(26-21)23-10-5-15-27(23)24(28)17-18-6-2-1-3-7-18/h1-4,6-9,11-14,23H,5,10,15-17H2/t23-/m1/s1. The Morgan fingerprint density at radius 2 is 1.75 bits per heavy atom. The summed E-state index contributed by atoms with van der Waals surface area (Å²) < 4.78 is 13.1. The van der Waals surface area contributed by atoms with E-state index in [1.54, 1.807) is 12.1 Å². The third-order valence-corrected chi connectivity index (χ3v) is 5.24. The van der Waals surface area contributed by atoms with Gasteiger partial charge in [0.25, 0.3) is 0 Å². The minimum Gasteiger partial charge on any atom is -0.334 e. The highest BCUT2D eigenvalue weighted by atomic mass is 19.1. The number of nitrogens with zero attached hydrogens (tertiary/aromatic N) is 2. The fourth-order valence-electron chi connectivity index (χ4n) is 3.84. The third-order valence-electron chi connectivity index (χ3n) is 5.24. The Bertz CT molecular complexity index is 940. The molecule has 1 atom stereocenters. The lowest BCUT2D eigenvalue weighted by molar-refractivity contribution is -0.131. The summed E-state index contributed by atoms with van der Waals surface area (Å²) in [5, 5.41) is 0. The summed E-state index contributed by atoms with van der Waals surface area (Å²) in [6, 6.07) is 22.4. The van der Waals surface area contributed by atoms with Gasteiger partial charge in [-0.05, 0) is 48.2 Å². The van der Waals surface area contributed by atoms with E-state index in [0.717, 1.165) is 41.9 Å². The highest BCUT2D eigenvalue weighted by molar-refractivity contribution is 5.79. The van der Waals surface area contributed by atoms with Crippen molar-refractivity contribution in [1.29, 1.82) is 0 Å². The van der Waals surface area contributed by atoms with Crippen LogP contribution in [0.3, 0.4) is 0 Å². The van der Waals surface area contributed by atoms with Crippen LogP contribution in [-0.4, -0.2) is 22.3 Å². The van der Waals surface area contributed by atoms with Gasteiger partial charge in [-0.3, -0.25) is 9.78 Å². The second-order valence-corrected chi connectivity index (χ2v) is 7.26. The summed E-state index contributed by atoms with van der Waals surface area (Å²) in [6.07, 6.45) is 3.01. The first-order chi connectivity index (χ1) is 13.7. The number of rotatable bonds is 5. The molecule has 1 saturated heterocycles. The summed E-state index contributed by atoms with van der Waals surface area (Å²) in [6.45, 7) is 0.778. The van der Waals surface area contributed by atoms with Crippen molar-refractivity contribution in [2.75, 3.05) is 6.54 Å². The van der Waals surface area contributed by atoms with Gasteiger partial charge in [-0.2, -0.15) is 0 Å². The lowest BCUT2D eigenvalue weighted by Crippen LogP contribution is -2.32. The zero-order chi connectivity index (χ0) is 19.3. The van der Waals surface area contributed by atoms with Crippen molar-refractivity contribution in [3.8, 4) is 0 Å². The van der Waals surface area contributed by atoms with Crippen LogP contribution in [0.15, 0.2) is 72.8 Å². The Morgan fingerprint density at radius 3 is 2.54 bits per heavy atom. The maximum atomic E-state index is 13.1. The molecule has 2 aromatic carbocycles. The topological polar surface area (TPSA) is 33.2 Å². The predicted octanol–water partition coefficient (Wildman–Crippen LogP) is 4.72. The number of hydrogen-bond donors (Lipinski definition) is 0. The van der Waals surface area contributed by atoms with Crippen LogP contribution in [0, 0.1) is 5.82 Å². The molecule has 3 nitrogen and oxygen atoms in total. The van der Waals surface area contributed by atoms with Gasteiger partial charge < -0.3 is 4.90 Å². The molecule has 4 rings (SSSR count). The van der Waals surface area contributed by atoms with E-state index >= 15 is 0 Å². The highest BCUT2D eigenvalue weighted by Crippen LogP contribution is 2.31. The van der Waals surface area contributed by atoms with E-state index in [1.807, 2.05) is 53.4 Å². The van der Waals surface area contributed by atoms with Crippen molar-refractivity contribution in [2.45, 2.75) is 31.7 Å². The molecule has 4 heteroatoms. The van der Waals surface area contributed by atoms with Crippen LogP contribution >= 0.6 is 0 Å². The molecule has 1 aliphatic heterocycles. The summed E-state index contributed by atoms with van der Waals surface area (Å²) in [7, 11) is 0. The van der Waals surface area contributed by atoms with Crippen molar-refractivity contribution in [2.24, 2.45) is 0 Å². The van der Waals surface area contributed by atoms with Gasteiger partial charge in [0.15, 0.2) is 0 Å². The number of pyridine rings is 1. The molecule has 0 bridgehead atoms. The van der Waals surface area contributed by atoms with E-state index in [-0.39, 0.29) is 17.8 Å². The average Bonchev–Trinajstić information content (AvgIpc) is 3.21. The van der Waals surface area contributed by atoms with Gasteiger partial charge in [0.1, 0.15) is 5.82 Å². The van der Waals surface area contributed by atoms with Gasteiger partial charge in [-0.25, -0.2) is 4.39 Å². The van der Waals surface area contributed by atoms with Gasteiger partial charge in [-0.15, -0.1) is 0 Å². The maximum absolute atomic E-state index is 13.1. The number of aromatic nitrogens is 1. The van der Waals surface area contributed by atoms with Crippen LogP contribution < -0.4 is 0 Å². The Kier molecular flexibility index (Phi) is 5.47. The van der Waals surface area contributed by atoms with E-state index in [9.17, 15) is 9.18 Å². The largest absolute Gasteiger partial charge is 0.334 e. The van der Waals surface area contributed by atoms with Crippen LogP contribution in [0.5, 0.6) is 0 Å². The van der Waals surface area contributed by atoms with Gasteiger partial charge in [0.05, 0.1) is 18.2 Å². The zero-order valence-corrected chi connectivity index (χ0v) is 15.7. The van der Waals surface area contributed by atoms with Crippen LogP contribution in [0.4, 0.5) is 4.39 Å². The molecule has 1 aliphatic rings. The Labute approximate surface area is 164 Å². The fourth-order valence-corrected chi connectivity index (χ4v) is 3.84. The number of carbonyl (C=O) groups is 1. The van der Waals surface area contributed by atoms with Crippen molar-refractivity contribution in [1.82, 2.24) is 9.88 Å². The second-order valence-electron chi connectivity index (χ2n) is 7.26. The van der Waals surface area contributed by atoms with Crippen molar-refractivity contribution >= 4 is 5.91 Å². The van der Waals surface area contributed by atoms with Gasteiger partial charge in [-0.1, -0.05) is 48.5 Å². The minimum absolute atomic E-state index is 0.0318. The zero-order valence-electron chi connectivity index (χ0n) is 15.7. The van der Waals surface area contributed by atoms with Crippen LogP contribution in [0.1, 0.15) is 41.4 Å². The summed E-state index contributed by atoms with van der Waals surface area (Å²) in [5.74, 6) is -0.0802. The first kappa shape index (κ1) is 18.4. The Hall–Kier alpha value is -3.01. The molecule has 1 amide bonds. The molecule has 0 saturated carbocycles. The first-order valence-corrected chi connectivity index (χ1v) is 9.73. The van der Waals surface area contributed by atoms with Crippen molar-refractivity contribution in [3.63, 3.8) is 0 Å². The van der Waals surface area contributed by atoms with Crippen LogP contribution in [0.2, 0.25) is 0 Å². The molecule has 28 heavy (non-hydrogen) atoms. The quantitative estimate of drug-likeness (QED) is 0.648. The molecule has 1 fully saturated rings. The van der Waals surface area contributed by atoms with E-state index in [4.69, 9.17) is 4.98 Å². The van der Waals surface area contributed by atoms with Crippen LogP contribution in [-0.2, 0) is 17.6 Å². The molecule has 3 aromatic rings. The van der Waals surface area contributed by atoms with E-state index < -0.39 is 0 Å². The number of amides is 1. The minimum atomic E-state index is -0.232. The fraction of sp³-hybridized carbons (Fsp3) is 0.250. The number of carbonyl (C=O) groups excluding carboxylic acids is 1. The second kappa shape index (κ2) is 8.34. The molecular formula is C24H23FN2O. The predicted molar refractivity (Wildman–Crippen MR) is 107 cm³/mol. The molecule has 142 valence electrons. The molecule has 0 spiro atoms. The molecule has 0 aliphatic carbocycles. The molecule has 0 radical (unpaired) electrons. The maximum Gasteiger partial charge on any atom is 0.227 e. The van der Waals surface area contributed by atoms with Gasteiger partial charge in [0.2, 0.25) is 5.91 Å². The van der Waals surface area contributed by atoms with E-state index in [2.05, 4.69) is 0 Å². The smallest absolute Gasteiger partial charge is 0.227 e. The lowest BCUT2D eigenvalue weighted by Gasteiger charge is -2.25. The summed E-state index contributed by atoms with van der Waals surface area (Å²) >= 11 is 0. The molecular weight excluding hydrogens is 351 g/mol. The number of halogens is 1. The normalized spacial score (nSPS) is 16.3. The third kappa shape index (κ3) is 4.28. The summed E-state index contributed by atoms with van der Waals surface area (Å²) in [4.78, 5) is 19.7. The highest BCUT2D eigenvalue weighted by Gasteiger charge is 2.30. The van der Waals surface area contributed by atoms with Crippen molar-refractivity contribution in [3.05, 3.63) is 101 Å². The van der Waals surface area contributed by atoms with Gasteiger partial charge >= 0.3 is 0 Å². The molecule has 0 N–H and O–H groups in total. The summed E-state index contributed by atoms with van der Waals surface area (Å²) in [5.41, 5.74) is 3.94. The Morgan fingerprint density at radius 1 is 0.964 bits per heavy atom. The number of hydrogen-bond acceptors (Lipinski definition) is 2. The number of likely N-dealkylation sites (tertiary alicyclic amines) is 1. The monoisotopic (exact) mass is 374 g/mol. The van der Waals surface area contributed by atoms with E-state index in [1.165, 1.54) is 12.1 Å². The molecule has 0 unspecified atom stereocenters. The van der Waals surface area contributed by atoms with Gasteiger partial charge in [0, 0.05) is 18.7 Å². The van der Waals surface area contributed by atoms with E-state index in [0.29, 0.717) is 12.8 Å². The lowest BCUT2D eigenvalue weighted by atomic mass is 10.1.